The summed E-state index contributed by atoms with van der Waals surface area (Å²) in [6.07, 6.45) is 0. The van der Waals surface area contributed by atoms with E-state index in [2.05, 4.69) is 142 Å². The Bertz CT molecular complexity index is 1730. The van der Waals surface area contributed by atoms with Crippen molar-refractivity contribution in [2.75, 3.05) is 20.9 Å². The summed E-state index contributed by atoms with van der Waals surface area (Å²) >= 11 is 0. The maximum absolute atomic E-state index is 3.68. The van der Waals surface area contributed by atoms with Crippen LogP contribution >= 0.6 is 0 Å². The molecule has 6 heteroatoms. The van der Waals surface area contributed by atoms with Crippen LogP contribution in [0.5, 0.6) is 0 Å². The zero-order valence-electron chi connectivity index (χ0n) is 20.7. The summed E-state index contributed by atoms with van der Waals surface area (Å²) in [7, 11) is 0. The Morgan fingerprint density at radius 2 is 0.763 bits per heavy atom. The van der Waals surface area contributed by atoms with E-state index in [1.807, 2.05) is 0 Å². The molecule has 4 nitrogen and oxygen atoms in total. The average molecular weight is 486 g/mol. The summed E-state index contributed by atoms with van der Waals surface area (Å²) in [6.45, 7) is 0.108. The van der Waals surface area contributed by atoms with Crippen LogP contribution in [0, 0.1) is 0 Å². The Hall–Kier alpha value is -4.83. The molecule has 0 spiro atoms. The third-order valence-electron chi connectivity index (χ3n) is 7.79. The highest BCUT2D eigenvalue weighted by molar-refractivity contribution is 6.81. The maximum Gasteiger partial charge on any atom is 0.406 e. The van der Waals surface area contributed by atoms with Gasteiger partial charge in [0.2, 0.25) is 0 Å². The quantitative estimate of drug-likeness (QED) is 0.228. The molecule has 2 aliphatic heterocycles. The minimum absolute atomic E-state index is 0.0541. The van der Waals surface area contributed by atoms with Gasteiger partial charge in [-0.15, -0.1) is 0 Å². The first-order valence-corrected chi connectivity index (χ1v) is 13.1. The highest BCUT2D eigenvalue weighted by Gasteiger charge is 2.29. The van der Waals surface area contributed by atoms with E-state index in [0.717, 1.165) is 22.7 Å². The fourth-order valence-electron chi connectivity index (χ4n) is 5.74. The van der Waals surface area contributed by atoms with Crippen molar-refractivity contribution in [3.05, 3.63) is 121 Å². The molecular formula is C32H24B2N4. The first-order chi connectivity index (χ1) is 18.8. The van der Waals surface area contributed by atoms with Crippen LogP contribution in [0.4, 0.5) is 22.7 Å². The van der Waals surface area contributed by atoms with Crippen molar-refractivity contribution in [3.8, 4) is 11.1 Å². The number of anilines is 4. The molecule has 0 unspecified atom stereocenters. The molecule has 0 saturated carbocycles. The van der Waals surface area contributed by atoms with Gasteiger partial charge in [-0.2, -0.15) is 0 Å². The lowest BCUT2D eigenvalue weighted by molar-refractivity contribution is 1.62. The van der Waals surface area contributed by atoms with Gasteiger partial charge in [-0.25, -0.2) is 0 Å². The first-order valence-electron chi connectivity index (χ1n) is 13.1. The van der Waals surface area contributed by atoms with Gasteiger partial charge in [0.05, 0.1) is 0 Å². The number of hydrogen-bond acceptors (Lipinski definition) is 4. The zero-order chi connectivity index (χ0) is 25.1. The summed E-state index contributed by atoms with van der Waals surface area (Å²) < 4.78 is 0. The molecule has 2 aliphatic rings. The van der Waals surface area contributed by atoms with Crippen LogP contribution in [-0.4, -0.2) is 14.0 Å². The van der Waals surface area contributed by atoms with Gasteiger partial charge in [0.15, 0.2) is 0 Å². The summed E-state index contributed by atoms with van der Waals surface area (Å²) in [6, 6.07) is 43.5. The number of benzene rings is 6. The van der Waals surface area contributed by atoms with Gasteiger partial charge < -0.3 is 20.9 Å². The van der Waals surface area contributed by atoms with Crippen LogP contribution in [0.3, 0.4) is 0 Å². The monoisotopic (exact) mass is 486 g/mol. The van der Waals surface area contributed by atoms with E-state index in [-0.39, 0.29) is 14.0 Å². The van der Waals surface area contributed by atoms with E-state index in [9.17, 15) is 0 Å². The molecule has 178 valence electrons. The van der Waals surface area contributed by atoms with Gasteiger partial charge in [-0.05, 0) is 67.9 Å². The lowest BCUT2D eigenvalue weighted by Gasteiger charge is -2.09. The highest BCUT2D eigenvalue weighted by atomic mass is 15.1. The van der Waals surface area contributed by atoms with E-state index in [1.54, 1.807) is 0 Å². The second-order valence-electron chi connectivity index (χ2n) is 10.2. The Kier molecular flexibility index (Phi) is 4.68. The second kappa shape index (κ2) is 8.35. The van der Waals surface area contributed by atoms with Crippen molar-refractivity contribution < 1.29 is 0 Å². The van der Waals surface area contributed by atoms with Crippen molar-refractivity contribution in [2.45, 2.75) is 0 Å². The number of hydrogen-bond donors (Lipinski definition) is 4. The molecule has 6 aromatic carbocycles. The largest absolute Gasteiger partial charge is 0.406 e. The summed E-state index contributed by atoms with van der Waals surface area (Å²) in [4.78, 5) is 0. The third kappa shape index (κ3) is 3.57. The van der Waals surface area contributed by atoms with Gasteiger partial charge in [-0.3, -0.25) is 0 Å². The smallest absolute Gasteiger partial charge is 0.404 e. The fraction of sp³-hybridized carbons (Fsp3) is 0. The molecule has 0 radical (unpaired) electrons. The number of fused-ring (bicyclic) bond motifs is 4. The van der Waals surface area contributed by atoms with Crippen LogP contribution in [0.15, 0.2) is 121 Å². The minimum atomic E-state index is 0.0541. The number of rotatable bonds is 3. The Labute approximate surface area is 222 Å². The first kappa shape index (κ1) is 21.3. The van der Waals surface area contributed by atoms with Crippen LogP contribution in [0.25, 0.3) is 32.7 Å². The topological polar surface area (TPSA) is 48.1 Å². The second-order valence-corrected chi connectivity index (χ2v) is 10.2. The molecule has 0 atom stereocenters. The Balaban J connectivity index is 1.04. The summed E-state index contributed by atoms with van der Waals surface area (Å²) in [5.74, 6) is 0. The summed E-state index contributed by atoms with van der Waals surface area (Å²) in [5, 5.41) is 19.7. The molecule has 8 rings (SSSR count). The predicted molar refractivity (Wildman–Crippen MR) is 165 cm³/mol. The van der Waals surface area contributed by atoms with E-state index < -0.39 is 0 Å². The van der Waals surface area contributed by atoms with Crippen molar-refractivity contribution in [1.29, 1.82) is 0 Å². The average Bonchev–Trinajstić information content (AvgIpc) is 3.60. The van der Waals surface area contributed by atoms with Gasteiger partial charge >= 0.3 is 14.0 Å². The van der Waals surface area contributed by atoms with Crippen molar-refractivity contribution in [3.63, 3.8) is 0 Å². The van der Waals surface area contributed by atoms with E-state index in [1.165, 1.54) is 43.6 Å². The lowest BCUT2D eigenvalue weighted by Crippen LogP contribution is -2.41. The fourth-order valence-corrected chi connectivity index (χ4v) is 5.74. The summed E-state index contributed by atoms with van der Waals surface area (Å²) in [5.41, 5.74) is 9.35. The van der Waals surface area contributed by atoms with Gasteiger partial charge in [0, 0.05) is 22.7 Å². The van der Waals surface area contributed by atoms with Crippen molar-refractivity contribution in [2.24, 2.45) is 0 Å². The molecule has 0 saturated heterocycles. The standard InChI is InChI=1S/C32H24B2N4/c1-3-7-23-17-27(13-9-21(23)5-1)33-35-29-15-11-25(19-31(29)37-33)26-12-16-30-32(20-26)38-34(36-30)28-14-10-22-6-2-4-8-24(22)18-28/h1-20,35-38H. The molecule has 0 aromatic heterocycles. The SMILES string of the molecule is c1ccc2cc(B3Nc4ccc(-c5ccc6c(c5)NB(c5ccc7ccccc7c5)N6)cc4N3)ccc2c1. The molecular weight excluding hydrogens is 462 g/mol. The van der Waals surface area contributed by atoms with Crippen LogP contribution in [0.1, 0.15) is 0 Å². The van der Waals surface area contributed by atoms with Crippen LogP contribution in [-0.2, 0) is 0 Å². The van der Waals surface area contributed by atoms with Gasteiger partial charge in [0.25, 0.3) is 0 Å². The highest BCUT2D eigenvalue weighted by Crippen LogP contribution is 2.36. The molecule has 38 heavy (non-hydrogen) atoms. The van der Waals surface area contributed by atoms with E-state index in [0.29, 0.717) is 0 Å². The van der Waals surface area contributed by atoms with Crippen LogP contribution in [0.2, 0.25) is 0 Å². The Morgan fingerprint density at radius 1 is 0.342 bits per heavy atom. The number of nitrogens with one attached hydrogen (secondary N) is 4. The van der Waals surface area contributed by atoms with E-state index in [4.69, 9.17) is 0 Å². The molecule has 2 heterocycles. The predicted octanol–water partition coefficient (Wildman–Crippen LogP) is 6.13. The molecule has 0 fully saturated rings. The molecule has 0 amide bonds. The third-order valence-corrected chi connectivity index (χ3v) is 7.79. The normalized spacial score (nSPS) is 13.5. The van der Waals surface area contributed by atoms with Crippen molar-refractivity contribution in [1.82, 2.24) is 0 Å². The molecule has 0 bridgehead atoms. The van der Waals surface area contributed by atoms with E-state index >= 15 is 0 Å². The van der Waals surface area contributed by atoms with Crippen LogP contribution < -0.4 is 31.8 Å². The minimum Gasteiger partial charge on any atom is -0.404 e. The Morgan fingerprint density at radius 3 is 1.24 bits per heavy atom. The zero-order valence-corrected chi connectivity index (χ0v) is 20.7. The van der Waals surface area contributed by atoms with Crippen molar-refractivity contribution >= 4 is 69.2 Å². The molecule has 4 N–H and O–H groups in total. The van der Waals surface area contributed by atoms with Gasteiger partial charge in [0.1, 0.15) is 0 Å². The molecule has 0 aliphatic carbocycles. The molecule has 6 aromatic rings. The maximum atomic E-state index is 3.68. The lowest BCUT2D eigenvalue weighted by atomic mass is 9.69. The van der Waals surface area contributed by atoms with Gasteiger partial charge in [-0.1, -0.05) is 97.1 Å².